The van der Waals surface area contributed by atoms with Crippen LogP contribution in [0.15, 0.2) is 102 Å². The number of para-hydroxylation sites is 2. The maximum Gasteiger partial charge on any atom is 0.269 e. The zero-order valence-electron chi connectivity index (χ0n) is 19.1. The standard InChI is InChI=1S/C27H20N4O4S/c1-18-10-16-21(17-11-18)36(34,35)30-25-9-5-3-7-23(25)27-28-24-8-4-2-6-22(24)26(29-27)19-12-14-20(15-13-19)31(32)33/h2-17,30H,1H3. The number of sulfonamides is 1. The van der Waals surface area contributed by atoms with Gasteiger partial charge in [-0.15, -0.1) is 0 Å². The van der Waals surface area contributed by atoms with E-state index in [4.69, 9.17) is 9.97 Å². The fourth-order valence-electron chi connectivity index (χ4n) is 3.85. The maximum atomic E-state index is 13.1. The highest BCUT2D eigenvalue weighted by molar-refractivity contribution is 7.92. The van der Waals surface area contributed by atoms with Crippen molar-refractivity contribution in [2.24, 2.45) is 0 Å². The summed E-state index contributed by atoms with van der Waals surface area (Å²) >= 11 is 0. The van der Waals surface area contributed by atoms with Gasteiger partial charge >= 0.3 is 0 Å². The van der Waals surface area contributed by atoms with E-state index in [-0.39, 0.29) is 10.6 Å². The SMILES string of the molecule is Cc1ccc(S(=O)(=O)Nc2ccccc2-c2nc(-c3ccc([N+](=O)[O-])cc3)c3ccccc3n2)cc1. The highest BCUT2D eigenvalue weighted by Gasteiger charge is 2.19. The van der Waals surface area contributed by atoms with Gasteiger partial charge in [0.2, 0.25) is 0 Å². The minimum atomic E-state index is -3.85. The molecule has 1 N–H and O–H groups in total. The van der Waals surface area contributed by atoms with Gasteiger partial charge in [-0.25, -0.2) is 18.4 Å². The molecule has 0 fully saturated rings. The van der Waals surface area contributed by atoms with E-state index in [0.717, 1.165) is 10.9 Å². The Balaban J connectivity index is 1.63. The first-order valence-electron chi connectivity index (χ1n) is 11.0. The lowest BCUT2D eigenvalue weighted by Crippen LogP contribution is -2.14. The summed E-state index contributed by atoms with van der Waals surface area (Å²) in [6, 6.07) is 27.1. The fraction of sp³-hybridized carbons (Fsp3) is 0.0370. The Morgan fingerprint density at radius 1 is 0.806 bits per heavy atom. The molecule has 0 atom stereocenters. The topological polar surface area (TPSA) is 115 Å². The van der Waals surface area contributed by atoms with Crippen LogP contribution in [0.5, 0.6) is 0 Å². The maximum absolute atomic E-state index is 13.1. The number of aromatic nitrogens is 2. The summed E-state index contributed by atoms with van der Waals surface area (Å²) in [4.78, 5) is 20.3. The van der Waals surface area contributed by atoms with Gasteiger partial charge in [0.25, 0.3) is 15.7 Å². The second-order valence-electron chi connectivity index (χ2n) is 8.18. The number of anilines is 1. The molecule has 178 valence electrons. The van der Waals surface area contributed by atoms with E-state index in [0.29, 0.717) is 33.8 Å². The second kappa shape index (κ2) is 9.20. The Hall–Kier alpha value is -4.63. The Morgan fingerprint density at radius 3 is 2.19 bits per heavy atom. The van der Waals surface area contributed by atoms with Crippen LogP contribution >= 0.6 is 0 Å². The highest BCUT2D eigenvalue weighted by Crippen LogP contribution is 2.33. The number of nitro benzene ring substituents is 1. The molecule has 1 heterocycles. The number of nitrogens with one attached hydrogen (secondary N) is 1. The Morgan fingerprint density at radius 2 is 1.47 bits per heavy atom. The lowest BCUT2D eigenvalue weighted by molar-refractivity contribution is -0.384. The first-order valence-corrected chi connectivity index (χ1v) is 12.5. The molecule has 0 bridgehead atoms. The molecule has 0 saturated carbocycles. The van der Waals surface area contributed by atoms with Crippen LogP contribution in [0.4, 0.5) is 11.4 Å². The van der Waals surface area contributed by atoms with Gasteiger partial charge in [0.1, 0.15) is 0 Å². The summed E-state index contributed by atoms with van der Waals surface area (Å²) in [6.07, 6.45) is 0. The monoisotopic (exact) mass is 496 g/mol. The fourth-order valence-corrected chi connectivity index (χ4v) is 4.93. The van der Waals surface area contributed by atoms with Gasteiger partial charge in [-0.1, -0.05) is 48.0 Å². The van der Waals surface area contributed by atoms with E-state index in [1.165, 1.54) is 12.1 Å². The quantitative estimate of drug-likeness (QED) is 0.228. The summed E-state index contributed by atoms with van der Waals surface area (Å²) in [5.74, 6) is 0.323. The number of fused-ring (bicyclic) bond motifs is 1. The molecule has 1 aromatic heterocycles. The lowest BCUT2D eigenvalue weighted by atomic mass is 10.0. The molecule has 36 heavy (non-hydrogen) atoms. The number of hydrogen-bond acceptors (Lipinski definition) is 6. The number of aryl methyl sites for hydroxylation is 1. The second-order valence-corrected chi connectivity index (χ2v) is 9.86. The van der Waals surface area contributed by atoms with Gasteiger partial charge in [-0.2, -0.15) is 0 Å². The van der Waals surface area contributed by atoms with Crippen molar-refractivity contribution in [3.8, 4) is 22.6 Å². The lowest BCUT2D eigenvalue weighted by Gasteiger charge is -2.14. The van der Waals surface area contributed by atoms with Gasteiger partial charge in [0.15, 0.2) is 5.82 Å². The van der Waals surface area contributed by atoms with Crippen molar-refractivity contribution in [1.29, 1.82) is 0 Å². The highest BCUT2D eigenvalue weighted by atomic mass is 32.2. The van der Waals surface area contributed by atoms with Crippen molar-refractivity contribution in [3.63, 3.8) is 0 Å². The molecule has 0 aliphatic carbocycles. The van der Waals surface area contributed by atoms with Crippen molar-refractivity contribution in [2.75, 3.05) is 4.72 Å². The number of hydrogen-bond donors (Lipinski definition) is 1. The first kappa shape index (κ1) is 23.1. The van der Waals surface area contributed by atoms with Crippen molar-refractivity contribution in [2.45, 2.75) is 11.8 Å². The van der Waals surface area contributed by atoms with Crippen molar-refractivity contribution in [1.82, 2.24) is 9.97 Å². The molecule has 0 aliphatic rings. The minimum Gasteiger partial charge on any atom is -0.279 e. The molecule has 9 heteroatoms. The molecule has 5 rings (SSSR count). The van der Waals surface area contributed by atoms with E-state index < -0.39 is 14.9 Å². The van der Waals surface area contributed by atoms with Crippen LogP contribution < -0.4 is 4.72 Å². The molecule has 0 saturated heterocycles. The minimum absolute atomic E-state index is 0.0202. The molecule has 0 spiro atoms. The van der Waals surface area contributed by atoms with Gasteiger partial charge in [0, 0.05) is 28.6 Å². The molecular weight excluding hydrogens is 476 g/mol. The van der Waals surface area contributed by atoms with Gasteiger partial charge in [-0.05, 0) is 49.4 Å². The molecule has 0 unspecified atom stereocenters. The third kappa shape index (κ3) is 4.51. The molecule has 8 nitrogen and oxygen atoms in total. The summed E-state index contributed by atoms with van der Waals surface area (Å²) in [6.45, 7) is 1.89. The van der Waals surface area contributed by atoms with Crippen LogP contribution in [-0.4, -0.2) is 23.3 Å². The van der Waals surface area contributed by atoms with Crippen LogP contribution in [0, 0.1) is 17.0 Å². The number of nitrogens with zero attached hydrogens (tertiary/aromatic N) is 3. The smallest absolute Gasteiger partial charge is 0.269 e. The molecule has 0 aliphatic heterocycles. The zero-order valence-corrected chi connectivity index (χ0v) is 19.9. The van der Waals surface area contributed by atoms with Gasteiger partial charge < -0.3 is 0 Å². The van der Waals surface area contributed by atoms with Crippen LogP contribution in [0.1, 0.15) is 5.56 Å². The molecule has 0 amide bonds. The average Bonchev–Trinajstić information content (AvgIpc) is 2.88. The molecular formula is C27H20N4O4S. The summed E-state index contributed by atoms with van der Waals surface area (Å²) in [5, 5.41) is 11.9. The zero-order chi connectivity index (χ0) is 25.3. The summed E-state index contributed by atoms with van der Waals surface area (Å²) in [5.41, 5.74) is 3.70. The number of nitro groups is 1. The van der Waals surface area contributed by atoms with Crippen LogP contribution in [0.3, 0.4) is 0 Å². The number of rotatable bonds is 6. The van der Waals surface area contributed by atoms with Crippen LogP contribution in [-0.2, 0) is 10.0 Å². The van der Waals surface area contributed by atoms with Crippen molar-refractivity contribution in [3.05, 3.63) is 113 Å². The normalized spacial score (nSPS) is 11.4. The number of non-ortho nitro benzene ring substituents is 1. The predicted octanol–water partition coefficient (Wildman–Crippen LogP) is 5.98. The van der Waals surface area contributed by atoms with E-state index in [2.05, 4.69) is 4.72 Å². The Kier molecular flexibility index (Phi) is 5.91. The molecule has 0 radical (unpaired) electrons. The van der Waals surface area contributed by atoms with E-state index in [1.807, 2.05) is 31.2 Å². The largest absolute Gasteiger partial charge is 0.279 e. The predicted molar refractivity (Wildman–Crippen MR) is 139 cm³/mol. The number of benzene rings is 4. The van der Waals surface area contributed by atoms with Crippen LogP contribution in [0.25, 0.3) is 33.5 Å². The third-order valence-corrected chi connectivity index (χ3v) is 7.08. The Labute approximate surface area is 207 Å². The van der Waals surface area contributed by atoms with Crippen molar-refractivity contribution >= 4 is 32.3 Å². The third-order valence-electron chi connectivity index (χ3n) is 5.70. The average molecular weight is 497 g/mol. The Bertz CT molecular complexity index is 1700. The summed E-state index contributed by atoms with van der Waals surface area (Å²) < 4.78 is 28.8. The van der Waals surface area contributed by atoms with E-state index >= 15 is 0 Å². The van der Waals surface area contributed by atoms with Crippen molar-refractivity contribution < 1.29 is 13.3 Å². The molecule has 5 aromatic rings. The van der Waals surface area contributed by atoms with E-state index in [9.17, 15) is 18.5 Å². The molecule has 4 aromatic carbocycles. The van der Waals surface area contributed by atoms with Gasteiger partial charge in [0.05, 0.1) is 26.7 Å². The van der Waals surface area contributed by atoms with E-state index in [1.54, 1.807) is 60.7 Å². The van der Waals surface area contributed by atoms with Crippen LogP contribution in [0.2, 0.25) is 0 Å². The van der Waals surface area contributed by atoms with Gasteiger partial charge in [-0.3, -0.25) is 14.8 Å². The first-order chi connectivity index (χ1) is 17.3. The summed E-state index contributed by atoms with van der Waals surface area (Å²) in [7, 11) is -3.85.